The summed E-state index contributed by atoms with van der Waals surface area (Å²) in [5.74, 6) is -2.63. The van der Waals surface area contributed by atoms with Crippen LogP contribution in [0.15, 0.2) is 36.4 Å². The molecule has 0 bridgehead atoms. The Morgan fingerprint density at radius 2 is 1.81 bits per heavy atom. The summed E-state index contributed by atoms with van der Waals surface area (Å²) in [5.41, 5.74) is 5.45. The Labute approximate surface area is 183 Å². The van der Waals surface area contributed by atoms with Crippen molar-refractivity contribution in [2.24, 2.45) is 0 Å². The van der Waals surface area contributed by atoms with Crippen LogP contribution >= 0.6 is 11.6 Å². The fourth-order valence-electron chi connectivity index (χ4n) is 2.87. The number of carbonyl (C=O) groups excluding carboxylic acids is 2. The average Bonchev–Trinajstić information content (AvgIpc) is 2.63. The molecule has 2 aromatic rings. The van der Waals surface area contributed by atoms with E-state index in [1.54, 1.807) is 26.0 Å². The second kappa shape index (κ2) is 9.67. The molecule has 10 heteroatoms. The van der Waals surface area contributed by atoms with Gasteiger partial charge in [0.05, 0.1) is 24.6 Å². The second-order valence-electron chi connectivity index (χ2n) is 7.55. The van der Waals surface area contributed by atoms with E-state index < -0.39 is 42.4 Å². The number of hydrogen-bond acceptors (Lipinski definition) is 6. The SMILES string of the molecule is CC(C)(O)c1cc(Cl)cc(C(CC(=O)O)NC(=O)CNC(=O)c2cc(N)cc(O)c2)c1. The molecule has 1 atom stereocenters. The zero-order chi connectivity index (χ0) is 23.3. The highest BCUT2D eigenvalue weighted by molar-refractivity contribution is 6.30. The molecule has 0 saturated heterocycles. The van der Waals surface area contributed by atoms with Crippen molar-refractivity contribution in [2.75, 3.05) is 12.3 Å². The Hall–Kier alpha value is -3.30. The van der Waals surface area contributed by atoms with Gasteiger partial charge in [-0.15, -0.1) is 0 Å². The van der Waals surface area contributed by atoms with Gasteiger partial charge in [0, 0.05) is 22.3 Å². The number of anilines is 1. The highest BCUT2D eigenvalue weighted by Gasteiger charge is 2.23. The number of nitrogens with two attached hydrogens (primary N) is 1. The van der Waals surface area contributed by atoms with Crippen molar-refractivity contribution in [3.8, 4) is 5.75 Å². The average molecular weight is 450 g/mol. The molecule has 166 valence electrons. The van der Waals surface area contributed by atoms with E-state index in [1.807, 2.05) is 0 Å². The highest BCUT2D eigenvalue weighted by Crippen LogP contribution is 2.28. The number of phenolic OH excluding ortho intramolecular Hbond substituents is 1. The Kier molecular flexibility index (Phi) is 7.48. The first-order valence-electron chi connectivity index (χ1n) is 9.27. The molecule has 0 spiro atoms. The molecule has 0 radical (unpaired) electrons. The fourth-order valence-corrected chi connectivity index (χ4v) is 3.11. The lowest BCUT2D eigenvalue weighted by molar-refractivity contribution is -0.137. The number of carbonyl (C=O) groups is 3. The van der Waals surface area contributed by atoms with Crippen LogP contribution in [-0.2, 0) is 15.2 Å². The minimum atomic E-state index is -1.23. The normalized spacial score (nSPS) is 12.1. The summed E-state index contributed by atoms with van der Waals surface area (Å²) in [5, 5.41) is 34.2. The number of nitrogens with one attached hydrogen (secondary N) is 2. The van der Waals surface area contributed by atoms with E-state index in [0.29, 0.717) is 11.1 Å². The van der Waals surface area contributed by atoms with Gasteiger partial charge < -0.3 is 31.7 Å². The van der Waals surface area contributed by atoms with Crippen molar-refractivity contribution in [1.29, 1.82) is 0 Å². The van der Waals surface area contributed by atoms with Gasteiger partial charge in [-0.3, -0.25) is 14.4 Å². The summed E-state index contributed by atoms with van der Waals surface area (Å²) in [6, 6.07) is 7.47. The zero-order valence-corrected chi connectivity index (χ0v) is 17.7. The molecule has 0 fully saturated rings. The predicted octanol–water partition coefficient (Wildman–Crippen LogP) is 1.92. The number of carboxylic acid groups (broad SMARTS) is 1. The number of aromatic hydroxyl groups is 1. The first kappa shape index (κ1) is 24.0. The third-order valence-electron chi connectivity index (χ3n) is 4.35. The molecule has 2 amide bonds. The predicted molar refractivity (Wildman–Crippen MR) is 115 cm³/mol. The van der Waals surface area contributed by atoms with E-state index in [4.69, 9.17) is 17.3 Å². The summed E-state index contributed by atoms with van der Waals surface area (Å²) in [6.45, 7) is 2.66. The second-order valence-corrected chi connectivity index (χ2v) is 7.98. The topological polar surface area (TPSA) is 162 Å². The smallest absolute Gasteiger partial charge is 0.305 e. The number of benzene rings is 2. The van der Waals surface area contributed by atoms with Crippen LogP contribution in [0, 0.1) is 0 Å². The number of nitrogen functional groups attached to an aromatic ring is 1. The summed E-state index contributed by atoms with van der Waals surface area (Å²) in [7, 11) is 0. The number of carboxylic acids is 1. The minimum Gasteiger partial charge on any atom is -0.508 e. The van der Waals surface area contributed by atoms with E-state index in [-0.39, 0.29) is 22.0 Å². The number of halogens is 1. The van der Waals surface area contributed by atoms with Crippen LogP contribution in [0.25, 0.3) is 0 Å². The van der Waals surface area contributed by atoms with Gasteiger partial charge in [-0.05, 0) is 49.2 Å². The highest BCUT2D eigenvalue weighted by atomic mass is 35.5. The molecule has 0 aliphatic carbocycles. The lowest BCUT2D eigenvalue weighted by Gasteiger charge is -2.23. The fraction of sp³-hybridized carbons (Fsp3) is 0.286. The van der Waals surface area contributed by atoms with E-state index in [1.165, 1.54) is 24.3 Å². The van der Waals surface area contributed by atoms with Crippen molar-refractivity contribution in [3.63, 3.8) is 0 Å². The van der Waals surface area contributed by atoms with Gasteiger partial charge in [0.25, 0.3) is 5.91 Å². The van der Waals surface area contributed by atoms with Crippen molar-refractivity contribution in [1.82, 2.24) is 10.6 Å². The van der Waals surface area contributed by atoms with E-state index in [2.05, 4.69) is 10.6 Å². The lowest BCUT2D eigenvalue weighted by atomic mass is 9.93. The van der Waals surface area contributed by atoms with Crippen molar-refractivity contribution in [2.45, 2.75) is 31.9 Å². The van der Waals surface area contributed by atoms with Crippen LogP contribution in [0.1, 0.15) is 47.8 Å². The number of phenols is 1. The maximum Gasteiger partial charge on any atom is 0.305 e. The Bertz CT molecular complexity index is 983. The van der Waals surface area contributed by atoms with Gasteiger partial charge in [-0.1, -0.05) is 17.7 Å². The van der Waals surface area contributed by atoms with E-state index in [0.717, 1.165) is 0 Å². The van der Waals surface area contributed by atoms with E-state index >= 15 is 0 Å². The molecule has 1 unspecified atom stereocenters. The number of rotatable bonds is 8. The zero-order valence-electron chi connectivity index (χ0n) is 17.0. The minimum absolute atomic E-state index is 0.0667. The van der Waals surface area contributed by atoms with Crippen molar-refractivity contribution in [3.05, 3.63) is 58.1 Å². The quantitative estimate of drug-likeness (QED) is 0.335. The largest absolute Gasteiger partial charge is 0.508 e. The van der Waals surface area contributed by atoms with Gasteiger partial charge in [0.2, 0.25) is 5.91 Å². The standard InChI is InChI=1S/C21H24ClN3O6/c1-21(2,31)13-3-11(4-14(22)7-13)17(9-19(28)29)25-18(27)10-24-20(30)12-5-15(23)8-16(26)6-12/h3-8,17,26,31H,9-10,23H2,1-2H3,(H,24,30)(H,25,27)(H,28,29). The summed E-state index contributed by atoms with van der Waals surface area (Å²) < 4.78 is 0. The van der Waals surface area contributed by atoms with Crippen LogP contribution in [0.3, 0.4) is 0 Å². The molecule has 31 heavy (non-hydrogen) atoms. The number of aliphatic hydroxyl groups is 1. The third kappa shape index (κ3) is 7.16. The Morgan fingerprint density at radius 3 is 2.39 bits per heavy atom. The Balaban J connectivity index is 2.14. The maximum absolute atomic E-state index is 12.4. The van der Waals surface area contributed by atoms with Crippen LogP contribution in [0.2, 0.25) is 5.02 Å². The molecule has 2 rings (SSSR count). The van der Waals surface area contributed by atoms with Gasteiger partial charge in [-0.25, -0.2) is 0 Å². The van der Waals surface area contributed by atoms with Crippen LogP contribution < -0.4 is 16.4 Å². The molecule has 0 heterocycles. The third-order valence-corrected chi connectivity index (χ3v) is 4.57. The monoisotopic (exact) mass is 449 g/mol. The molecule has 0 aliphatic heterocycles. The van der Waals surface area contributed by atoms with Crippen LogP contribution in [-0.4, -0.2) is 39.6 Å². The number of aliphatic carboxylic acids is 1. The Morgan fingerprint density at radius 1 is 1.13 bits per heavy atom. The van der Waals surface area contributed by atoms with E-state index in [9.17, 15) is 29.7 Å². The van der Waals surface area contributed by atoms with Gasteiger partial charge in [-0.2, -0.15) is 0 Å². The molecular weight excluding hydrogens is 426 g/mol. The molecular formula is C21H24ClN3O6. The molecule has 9 nitrogen and oxygen atoms in total. The molecule has 0 saturated carbocycles. The summed E-state index contributed by atoms with van der Waals surface area (Å²) in [6.07, 6.45) is -0.436. The van der Waals surface area contributed by atoms with Crippen molar-refractivity contribution >= 4 is 35.1 Å². The van der Waals surface area contributed by atoms with Crippen molar-refractivity contribution < 1.29 is 29.7 Å². The van der Waals surface area contributed by atoms with Gasteiger partial charge in [0.15, 0.2) is 0 Å². The number of amides is 2. The molecule has 0 aromatic heterocycles. The van der Waals surface area contributed by atoms with Gasteiger partial charge >= 0.3 is 5.97 Å². The molecule has 2 aromatic carbocycles. The first-order valence-corrected chi connectivity index (χ1v) is 9.65. The number of hydrogen-bond donors (Lipinski definition) is 6. The maximum atomic E-state index is 12.4. The van der Waals surface area contributed by atoms with Gasteiger partial charge in [0.1, 0.15) is 5.75 Å². The summed E-state index contributed by atoms with van der Waals surface area (Å²) >= 11 is 6.11. The van der Waals surface area contributed by atoms with Crippen LogP contribution in [0.4, 0.5) is 5.69 Å². The summed E-state index contributed by atoms with van der Waals surface area (Å²) in [4.78, 5) is 35.9. The first-order chi connectivity index (χ1) is 14.3. The molecule has 0 aliphatic rings. The lowest BCUT2D eigenvalue weighted by Crippen LogP contribution is -2.39. The van der Waals surface area contributed by atoms with Crippen LogP contribution in [0.5, 0.6) is 5.75 Å². The molecule has 7 N–H and O–H groups in total.